The molecule has 0 spiro atoms. The normalized spacial score (nSPS) is 19.3. The third-order valence-corrected chi connectivity index (χ3v) is 4.88. The maximum Gasteiger partial charge on any atom is 0.245 e. The molecule has 2 rings (SSSR count). The average Bonchev–Trinajstić information content (AvgIpc) is 2.94. The molecule has 2 N–H and O–H groups in total. The number of nitrogens with zero attached hydrogens (tertiary/aromatic N) is 1. The predicted molar refractivity (Wildman–Crippen MR) is 80.3 cm³/mol. The summed E-state index contributed by atoms with van der Waals surface area (Å²) < 4.78 is 59.4. The van der Waals surface area contributed by atoms with Gasteiger partial charge < -0.3 is 9.47 Å². The van der Waals surface area contributed by atoms with Gasteiger partial charge in [-0.3, -0.25) is 4.90 Å². The smallest absolute Gasteiger partial charge is 0.245 e. The minimum absolute atomic E-state index is 0.0833. The zero-order valence-electron chi connectivity index (χ0n) is 13.0. The molecule has 130 valence electrons. The zero-order valence-corrected chi connectivity index (χ0v) is 13.8. The van der Waals surface area contributed by atoms with Gasteiger partial charge in [0.1, 0.15) is 11.5 Å². The molecule has 0 aliphatic carbocycles. The number of ether oxygens (including phenoxy) is 2. The van der Waals surface area contributed by atoms with Crippen LogP contribution in [0.2, 0.25) is 0 Å². The molecule has 23 heavy (non-hydrogen) atoms. The highest BCUT2D eigenvalue weighted by atomic mass is 32.2. The molecule has 1 fully saturated rings. The van der Waals surface area contributed by atoms with Gasteiger partial charge in [-0.2, -0.15) is 0 Å². The van der Waals surface area contributed by atoms with Crippen molar-refractivity contribution in [3.05, 3.63) is 17.7 Å². The molecule has 1 aromatic carbocycles. The van der Waals surface area contributed by atoms with Crippen LogP contribution in [0.5, 0.6) is 11.5 Å². The summed E-state index contributed by atoms with van der Waals surface area (Å²) in [6.45, 7) is 1.09. The van der Waals surface area contributed by atoms with Gasteiger partial charge in [-0.1, -0.05) is 6.07 Å². The van der Waals surface area contributed by atoms with Crippen molar-refractivity contribution in [1.29, 1.82) is 0 Å². The summed E-state index contributed by atoms with van der Waals surface area (Å²) in [5.74, 6) is -0.482. The Labute approximate surface area is 134 Å². The number of hydrogen-bond acceptors (Lipinski definition) is 5. The zero-order chi connectivity index (χ0) is 17.2. The Hall–Kier alpha value is -1.45. The summed E-state index contributed by atoms with van der Waals surface area (Å²) in [5.41, 5.74) is 0.562. The van der Waals surface area contributed by atoms with Crippen LogP contribution in [0.1, 0.15) is 12.0 Å². The first-order valence-electron chi connectivity index (χ1n) is 7.05. The van der Waals surface area contributed by atoms with E-state index >= 15 is 0 Å². The van der Waals surface area contributed by atoms with Crippen molar-refractivity contribution in [2.75, 3.05) is 27.3 Å². The second-order valence-corrected chi connectivity index (χ2v) is 6.95. The van der Waals surface area contributed by atoms with Crippen molar-refractivity contribution in [3.63, 3.8) is 0 Å². The van der Waals surface area contributed by atoms with E-state index in [9.17, 15) is 17.2 Å². The van der Waals surface area contributed by atoms with Crippen molar-refractivity contribution in [2.45, 2.75) is 24.3 Å². The van der Waals surface area contributed by atoms with Crippen LogP contribution in [-0.2, 0) is 16.6 Å². The molecule has 0 radical (unpaired) electrons. The maximum absolute atomic E-state index is 12.8. The van der Waals surface area contributed by atoms with Crippen molar-refractivity contribution in [2.24, 2.45) is 11.1 Å². The molecule has 1 saturated heterocycles. The van der Waals surface area contributed by atoms with Gasteiger partial charge in [-0.25, -0.2) is 22.3 Å². The molecule has 0 saturated carbocycles. The maximum atomic E-state index is 12.8. The third-order valence-electron chi connectivity index (χ3n) is 3.93. The number of benzene rings is 1. The first kappa shape index (κ1) is 17.9. The number of alkyl halides is 2. The summed E-state index contributed by atoms with van der Waals surface area (Å²) in [5, 5.41) is 5.25. The Morgan fingerprint density at radius 1 is 1.35 bits per heavy atom. The fourth-order valence-electron chi connectivity index (χ4n) is 2.82. The lowest BCUT2D eigenvalue weighted by atomic mass is 10.1. The molecular formula is C14H20F2N2O4S. The van der Waals surface area contributed by atoms with Gasteiger partial charge in [-0.05, 0) is 19.0 Å². The number of halogens is 2. The third kappa shape index (κ3) is 3.91. The van der Waals surface area contributed by atoms with Crippen LogP contribution < -0.4 is 14.6 Å². The molecule has 1 heterocycles. The standard InChI is InChI=1S/C14H20F2N2O4S/c1-21-11-4-3-9(12(22-2)13(11)23(17,19)20)7-18-6-5-10(8-18)14(15)16/h3-4,10,14H,5-8H2,1-2H3,(H2,17,19,20)/t10-/m1/s1. The highest BCUT2D eigenvalue weighted by molar-refractivity contribution is 7.89. The van der Waals surface area contributed by atoms with Crippen molar-refractivity contribution < 1.29 is 26.7 Å². The lowest BCUT2D eigenvalue weighted by Gasteiger charge is -2.20. The highest BCUT2D eigenvalue weighted by Gasteiger charge is 2.31. The van der Waals surface area contributed by atoms with Crippen molar-refractivity contribution in [3.8, 4) is 11.5 Å². The predicted octanol–water partition coefficient (Wildman–Crippen LogP) is 1.44. The SMILES string of the molecule is COc1ccc(CN2CC[C@@H](C(F)F)C2)c(OC)c1S(N)(=O)=O. The van der Waals surface area contributed by atoms with Crippen LogP contribution in [0.25, 0.3) is 0 Å². The lowest BCUT2D eigenvalue weighted by Crippen LogP contribution is -2.23. The topological polar surface area (TPSA) is 81.9 Å². The first-order valence-corrected chi connectivity index (χ1v) is 8.59. The van der Waals surface area contributed by atoms with Crippen LogP contribution in [0, 0.1) is 5.92 Å². The largest absolute Gasteiger partial charge is 0.495 e. The number of likely N-dealkylation sites (tertiary alicyclic amines) is 1. The second-order valence-electron chi connectivity index (χ2n) is 5.45. The van der Waals surface area contributed by atoms with E-state index in [4.69, 9.17) is 14.6 Å². The number of methoxy groups -OCH3 is 2. The lowest BCUT2D eigenvalue weighted by molar-refractivity contribution is 0.0802. The van der Waals surface area contributed by atoms with Gasteiger partial charge in [0.05, 0.1) is 14.2 Å². The molecule has 6 nitrogen and oxygen atoms in total. The van der Waals surface area contributed by atoms with Gasteiger partial charge in [0.2, 0.25) is 16.4 Å². The van der Waals surface area contributed by atoms with E-state index in [1.165, 1.54) is 20.3 Å². The highest BCUT2D eigenvalue weighted by Crippen LogP contribution is 2.36. The van der Waals surface area contributed by atoms with E-state index in [1.54, 1.807) is 6.07 Å². The van der Waals surface area contributed by atoms with Crippen LogP contribution in [-0.4, -0.2) is 47.1 Å². The number of rotatable bonds is 6. The molecule has 9 heteroatoms. The van der Waals surface area contributed by atoms with Gasteiger partial charge in [0.15, 0.2) is 4.90 Å². The monoisotopic (exact) mass is 350 g/mol. The summed E-state index contributed by atoms with van der Waals surface area (Å²) in [6.07, 6.45) is -1.93. The van der Waals surface area contributed by atoms with E-state index in [0.29, 0.717) is 25.1 Å². The van der Waals surface area contributed by atoms with Crippen LogP contribution in [0.4, 0.5) is 8.78 Å². The Kier molecular flexibility index (Phi) is 5.43. The Balaban J connectivity index is 2.33. The molecular weight excluding hydrogens is 330 g/mol. The minimum Gasteiger partial charge on any atom is -0.495 e. The first-order chi connectivity index (χ1) is 10.8. The van der Waals surface area contributed by atoms with E-state index in [-0.39, 0.29) is 22.9 Å². The molecule has 0 aromatic heterocycles. The van der Waals surface area contributed by atoms with Crippen LogP contribution >= 0.6 is 0 Å². The van der Waals surface area contributed by atoms with Gasteiger partial charge in [-0.15, -0.1) is 0 Å². The molecule has 0 amide bonds. The summed E-state index contributed by atoms with van der Waals surface area (Å²) in [7, 11) is -1.39. The van der Waals surface area contributed by atoms with Crippen molar-refractivity contribution in [1.82, 2.24) is 4.90 Å². The summed E-state index contributed by atoms with van der Waals surface area (Å²) >= 11 is 0. The molecule has 0 bridgehead atoms. The van der Waals surface area contributed by atoms with E-state index in [2.05, 4.69) is 0 Å². The number of sulfonamides is 1. The average molecular weight is 350 g/mol. The molecule has 0 unspecified atom stereocenters. The number of primary sulfonamides is 1. The van der Waals surface area contributed by atoms with Crippen LogP contribution in [0.15, 0.2) is 17.0 Å². The molecule has 1 aromatic rings. The van der Waals surface area contributed by atoms with Gasteiger partial charge >= 0.3 is 0 Å². The number of nitrogens with two attached hydrogens (primary N) is 1. The van der Waals surface area contributed by atoms with E-state index in [1.807, 2.05) is 4.90 Å². The van der Waals surface area contributed by atoms with Crippen molar-refractivity contribution >= 4 is 10.0 Å². The van der Waals surface area contributed by atoms with Gasteiger partial charge in [0.25, 0.3) is 0 Å². The Morgan fingerprint density at radius 3 is 2.52 bits per heavy atom. The Morgan fingerprint density at radius 2 is 2.04 bits per heavy atom. The van der Waals surface area contributed by atoms with E-state index in [0.717, 1.165) is 0 Å². The van der Waals surface area contributed by atoms with Gasteiger partial charge in [0, 0.05) is 24.6 Å². The molecule has 1 atom stereocenters. The second kappa shape index (κ2) is 6.98. The fraction of sp³-hybridized carbons (Fsp3) is 0.571. The molecule has 1 aliphatic heterocycles. The van der Waals surface area contributed by atoms with Crippen LogP contribution in [0.3, 0.4) is 0 Å². The quantitative estimate of drug-likeness (QED) is 0.839. The number of hydrogen-bond donors (Lipinski definition) is 1. The molecule has 1 aliphatic rings. The fourth-order valence-corrected chi connectivity index (χ4v) is 3.72. The minimum atomic E-state index is -4.06. The Bertz CT molecular complexity index is 667. The summed E-state index contributed by atoms with van der Waals surface area (Å²) in [6, 6.07) is 3.14. The summed E-state index contributed by atoms with van der Waals surface area (Å²) in [4.78, 5) is 1.61. The van der Waals surface area contributed by atoms with E-state index < -0.39 is 22.4 Å².